The molecule has 0 amide bonds. The van der Waals surface area contributed by atoms with Crippen LogP contribution in [0.5, 0.6) is 5.75 Å². The van der Waals surface area contributed by atoms with Gasteiger partial charge in [0.2, 0.25) is 0 Å². The maximum absolute atomic E-state index is 10.9. The summed E-state index contributed by atoms with van der Waals surface area (Å²) in [7, 11) is 0. The Bertz CT molecular complexity index is 328. The van der Waals surface area contributed by atoms with Crippen LogP contribution in [0.15, 0.2) is 18.3 Å². The molecule has 0 aromatic carbocycles. The van der Waals surface area contributed by atoms with Crippen molar-refractivity contribution in [3.05, 3.63) is 24.0 Å². The third kappa shape index (κ3) is 2.31. The van der Waals surface area contributed by atoms with Crippen LogP contribution in [0.3, 0.4) is 0 Å². The summed E-state index contributed by atoms with van der Waals surface area (Å²) in [6.45, 7) is 2.29. The zero-order chi connectivity index (χ0) is 9.97. The van der Waals surface area contributed by atoms with Gasteiger partial charge in [0.05, 0.1) is 12.8 Å². The number of ketones is 1. The molecule has 1 saturated carbocycles. The Morgan fingerprint density at radius 1 is 1.57 bits per heavy atom. The van der Waals surface area contributed by atoms with E-state index in [4.69, 9.17) is 4.74 Å². The second kappa shape index (κ2) is 3.78. The highest BCUT2D eigenvalue weighted by Gasteiger charge is 2.21. The van der Waals surface area contributed by atoms with Gasteiger partial charge in [-0.05, 0) is 30.9 Å². The number of pyridine rings is 1. The van der Waals surface area contributed by atoms with E-state index in [9.17, 15) is 4.79 Å². The smallest absolute Gasteiger partial charge is 0.178 e. The van der Waals surface area contributed by atoms with Crippen LogP contribution in [-0.4, -0.2) is 17.4 Å². The standard InChI is InChI=1S/C11H13NO2/c1-8(13)11-5-4-10(6-12-11)14-7-9-2-3-9/h4-6,9H,2-3,7H2,1H3. The topological polar surface area (TPSA) is 39.2 Å². The largest absolute Gasteiger partial charge is 0.492 e. The molecule has 1 aliphatic rings. The van der Waals surface area contributed by atoms with Crippen molar-refractivity contribution in [2.24, 2.45) is 5.92 Å². The molecule has 0 N–H and O–H groups in total. The molecule has 0 saturated heterocycles. The van der Waals surface area contributed by atoms with E-state index < -0.39 is 0 Å². The van der Waals surface area contributed by atoms with E-state index in [2.05, 4.69) is 4.98 Å². The molecule has 0 atom stereocenters. The molecule has 1 heterocycles. The monoisotopic (exact) mass is 191 g/mol. The number of Topliss-reactive ketones (excluding diaryl/α,β-unsaturated/α-hetero) is 1. The van der Waals surface area contributed by atoms with Crippen molar-refractivity contribution < 1.29 is 9.53 Å². The summed E-state index contributed by atoms with van der Waals surface area (Å²) >= 11 is 0. The predicted molar refractivity (Wildman–Crippen MR) is 52.5 cm³/mol. The van der Waals surface area contributed by atoms with Gasteiger partial charge in [0.25, 0.3) is 0 Å². The van der Waals surface area contributed by atoms with Gasteiger partial charge < -0.3 is 4.74 Å². The number of hydrogen-bond donors (Lipinski definition) is 0. The molecule has 74 valence electrons. The molecule has 14 heavy (non-hydrogen) atoms. The Labute approximate surface area is 83.1 Å². The lowest BCUT2D eigenvalue weighted by molar-refractivity contribution is 0.101. The first kappa shape index (κ1) is 9.19. The molecule has 2 rings (SSSR count). The predicted octanol–water partition coefficient (Wildman–Crippen LogP) is 2.07. The molecular formula is C11H13NO2. The summed E-state index contributed by atoms with van der Waals surface area (Å²) in [5.74, 6) is 1.48. The van der Waals surface area contributed by atoms with Crippen LogP contribution in [-0.2, 0) is 0 Å². The maximum Gasteiger partial charge on any atom is 0.178 e. The van der Waals surface area contributed by atoms with Gasteiger partial charge in [0.15, 0.2) is 5.78 Å². The van der Waals surface area contributed by atoms with E-state index in [0.29, 0.717) is 5.69 Å². The number of carbonyl (C=O) groups is 1. The van der Waals surface area contributed by atoms with Crippen LogP contribution in [0.1, 0.15) is 30.3 Å². The highest BCUT2D eigenvalue weighted by molar-refractivity contribution is 5.92. The Morgan fingerprint density at radius 2 is 2.36 bits per heavy atom. The number of ether oxygens (including phenoxy) is 1. The molecule has 1 fully saturated rings. The lowest BCUT2D eigenvalue weighted by Crippen LogP contribution is -2.01. The second-order valence-corrected chi connectivity index (χ2v) is 3.69. The Morgan fingerprint density at radius 3 is 2.86 bits per heavy atom. The van der Waals surface area contributed by atoms with Gasteiger partial charge in [-0.25, -0.2) is 4.98 Å². The minimum absolute atomic E-state index is 0.0151. The van der Waals surface area contributed by atoms with Crippen molar-refractivity contribution in [2.75, 3.05) is 6.61 Å². The third-order valence-electron chi connectivity index (χ3n) is 2.28. The van der Waals surface area contributed by atoms with Crippen LogP contribution in [0.2, 0.25) is 0 Å². The fourth-order valence-electron chi connectivity index (χ4n) is 1.17. The van der Waals surface area contributed by atoms with Gasteiger partial charge in [-0.3, -0.25) is 4.79 Å². The molecule has 0 unspecified atom stereocenters. The van der Waals surface area contributed by atoms with Gasteiger partial charge in [-0.15, -0.1) is 0 Å². The first-order chi connectivity index (χ1) is 6.75. The quantitative estimate of drug-likeness (QED) is 0.684. The lowest BCUT2D eigenvalue weighted by Gasteiger charge is -2.04. The minimum Gasteiger partial charge on any atom is -0.492 e. The van der Waals surface area contributed by atoms with Crippen molar-refractivity contribution in [1.82, 2.24) is 4.98 Å². The maximum atomic E-state index is 10.9. The molecule has 0 bridgehead atoms. The number of rotatable bonds is 4. The molecule has 3 heteroatoms. The van der Waals surface area contributed by atoms with Gasteiger partial charge in [0.1, 0.15) is 11.4 Å². The lowest BCUT2D eigenvalue weighted by atomic mass is 10.3. The van der Waals surface area contributed by atoms with Gasteiger partial charge in [-0.2, -0.15) is 0 Å². The van der Waals surface area contributed by atoms with Crippen molar-refractivity contribution in [1.29, 1.82) is 0 Å². The summed E-state index contributed by atoms with van der Waals surface area (Å²) in [6.07, 6.45) is 4.16. The van der Waals surface area contributed by atoms with Gasteiger partial charge in [-0.1, -0.05) is 0 Å². The number of carbonyl (C=O) groups excluding carboxylic acids is 1. The Hall–Kier alpha value is -1.38. The minimum atomic E-state index is -0.0151. The van der Waals surface area contributed by atoms with Crippen LogP contribution < -0.4 is 4.74 Å². The molecule has 1 aromatic heterocycles. The SMILES string of the molecule is CC(=O)c1ccc(OCC2CC2)cn1. The fraction of sp³-hybridized carbons (Fsp3) is 0.455. The van der Waals surface area contributed by atoms with E-state index in [-0.39, 0.29) is 5.78 Å². The van der Waals surface area contributed by atoms with Crippen LogP contribution in [0.4, 0.5) is 0 Å². The van der Waals surface area contributed by atoms with Gasteiger partial charge in [0, 0.05) is 6.92 Å². The Balaban J connectivity index is 1.94. The van der Waals surface area contributed by atoms with Crippen LogP contribution >= 0.6 is 0 Å². The van der Waals surface area contributed by atoms with Crippen molar-refractivity contribution in [2.45, 2.75) is 19.8 Å². The Kier molecular flexibility index (Phi) is 2.48. The summed E-state index contributed by atoms with van der Waals surface area (Å²) in [4.78, 5) is 14.9. The summed E-state index contributed by atoms with van der Waals surface area (Å²) in [5, 5.41) is 0. The molecule has 1 aromatic rings. The normalized spacial score (nSPS) is 15.2. The van der Waals surface area contributed by atoms with E-state index in [1.165, 1.54) is 19.8 Å². The number of aromatic nitrogens is 1. The van der Waals surface area contributed by atoms with E-state index in [0.717, 1.165) is 18.3 Å². The highest BCUT2D eigenvalue weighted by atomic mass is 16.5. The van der Waals surface area contributed by atoms with Gasteiger partial charge >= 0.3 is 0 Å². The fourth-order valence-corrected chi connectivity index (χ4v) is 1.17. The molecule has 0 aliphatic heterocycles. The van der Waals surface area contributed by atoms with Crippen molar-refractivity contribution in [3.63, 3.8) is 0 Å². The summed E-state index contributed by atoms with van der Waals surface area (Å²) < 4.78 is 5.49. The molecule has 0 spiro atoms. The molecule has 0 radical (unpaired) electrons. The first-order valence-corrected chi connectivity index (χ1v) is 4.85. The average Bonchev–Trinajstić information content (AvgIpc) is 2.99. The van der Waals surface area contributed by atoms with E-state index in [1.54, 1.807) is 18.3 Å². The highest BCUT2D eigenvalue weighted by Crippen LogP contribution is 2.29. The number of hydrogen-bond acceptors (Lipinski definition) is 3. The van der Waals surface area contributed by atoms with Crippen molar-refractivity contribution in [3.8, 4) is 5.75 Å². The molecule has 1 aliphatic carbocycles. The van der Waals surface area contributed by atoms with E-state index >= 15 is 0 Å². The average molecular weight is 191 g/mol. The second-order valence-electron chi connectivity index (χ2n) is 3.69. The molecule has 3 nitrogen and oxygen atoms in total. The third-order valence-corrected chi connectivity index (χ3v) is 2.28. The summed E-state index contributed by atoms with van der Waals surface area (Å²) in [5.41, 5.74) is 0.490. The van der Waals surface area contributed by atoms with E-state index in [1.807, 2.05) is 0 Å². The van der Waals surface area contributed by atoms with Crippen LogP contribution in [0.25, 0.3) is 0 Å². The summed E-state index contributed by atoms with van der Waals surface area (Å²) in [6, 6.07) is 3.50. The first-order valence-electron chi connectivity index (χ1n) is 4.85. The van der Waals surface area contributed by atoms with Crippen molar-refractivity contribution >= 4 is 5.78 Å². The number of nitrogens with zero attached hydrogens (tertiary/aromatic N) is 1. The van der Waals surface area contributed by atoms with Crippen LogP contribution in [0, 0.1) is 5.92 Å². The zero-order valence-corrected chi connectivity index (χ0v) is 8.19. The zero-order valence-electron chi connectivity index (χ0n) is 8.19. The molecular weight excluding hydrogens is 178 g/mol.